The summed E-state index contributed by atoms with van der Waals surface area (Å²) in [4.78, 5) is 13.4. The standard InChI is InChI=1S/C14H19NO3/c1-15(11-4-3-5-11)9-10-6-7-13(18-2)12(8-10)14(16)17/h6-8,11H,3-5,9H2,1-2H3,(H,16,17). The molecule has 98 valence electrons. The molecule has 1 fully saturated rings. The Labute approximate surface area is 107 Å². The summed E-state index contributed by atoms with van der Waals surface area (Å²) in [5.74, 6) is -0.530. The third-order valence-corrected chi connectivity index (χ3v) is 3.62. The molecule has 0 saturated heterocycles. The van der Waals surface area contributed by atoms with E-state index in [9.17, 15) is 4.79 Å². The lowest BCUT2D eigenvalue weighted by molar-refractivity contribution is 0.0693. The van der Waals surface area contributed by atoms with Crippen molar-refractivity contribution < 1.29 is 14.6 Å². The van der Waals surface area contributed by atoms with Crippen molar-refractivity contribution >= 4 is 5.97 Å². The molecule has 1 saturated carbocycles. The molecule has 0 bridgehead atoms. The van der Waals surface area contributed by atoms with Gasteiger partial charge in [0.15, 0.2) is 0 Å². The first-order valence-corrected chi connectivity index (χ1v) is 6.22. The molecule has 0 atom stereocenters. The predicted molar refractivity (Wildman–Crippen MR) is 69.1 cm³/mol. The lowest BCUT2D eigenvalue weighted by Gasteiger charge is -2.34. The van der Waals surface area contributed by atoms with E-state index in [0.29, 0.717) is 11.8 Å². The van der Waals surface area contributed by atoms with Crippen LogP contribution < -0.4 is 4.74 Å². The van der Waals surface area contributed by atoms with Crippen LogP contribution in [0.5, 0.6) is 5.75 Å². The van der Waals surface area contributed by atoms with E-state index in [1.807, 2.05) is 6.07 Å². The molecule has 0 unspecified atom stereocenters. The highest BCUT2D eigenvalue weighted by molar-refractivity contribution is 5.91. The number of methoxy groups -OCH3 is 1. The molecule has 1 aromatic carbocycles. The fraction of sp³-hybridized carbons (Fsp3) is 0.500. The summed E-state index contributed by atoms with van der Waals surface area (Å²) in [5, 5.41) is 9.13. The van der Waals surface area contributed by atoms with Crippen molar-refractivity contribution in [1.82, 2.24) is 4.90 Å². The number of carboxylic acid groups (broad SMARTS) is 1. The molecule has 1 aromatic rings. The van der Waals surface area contributed by atoms with Crippen LogP contribution in [0.15, 0.2) is 18.2 Å². The van der Waals surface area contributed by atoms with Crippen LogP contribution >= 0.6 is 0 Å². The Morgan fingerprint density at radius 3 is 2.72 bits per heavy atom. The second kappa shape index (κ2) is 5.40. The smallest absolute Gasteiger partial charge is 0.339 e. The van der Waals surface area contributed by atoms with Gasteiger partial charge >= 0.3 is 5.97 Å². The molecular weight excluding hydrogens is 230 g/mol. The fourth-order valence-electron chi connectivity index (χ4n) is 2.27. The van der Waals surface area contributed by atoms with Gasteiger partial charge in [-0.25, -0.2) is 4.79 Å². The van der Waals surface area contributed by atoms with Crippen molar-refractivity contribution in [2.45, 2.75) is 31.8 Å². The summed E-state index contributed by atoms with van der Waals surface area (Å²) in [6.45, 7) is 0.787. The third-order valence-electron chi connectivity index (χ3n) is 3.62. The van der Waals surface area contributed by atoms with Gasteiger partial charge in [-0.1, -0.05) is 12.5 Å². The zero-order chi connectivity index (χ0) is 13.1. The molecule has 0 amide bonds. The van der Waals surface area contributed by atoms with E-state index in [2.05, 4.69) is 11.9 Å². The largest absolute Gasteiger partial charge is 0.496 e. The van der Waals surface area contributed by atoms with Gasteiger partial charge in [0.2, 0.25) is 0 Å². The number of carboxylic acids is 1. The van der Waals surface area contributed by atoms with Crippen LogP contribution in [0.2, 0.25) is 0 Å². The number of rotatable bonds is 5. The Kier molecular flexibility index (Phi) is 3.87. The molecule has 4 nitrogen and oxygen atoms in total. The number of ether oxygens (including phenoxy) is 1. The average molecular weight is 249 g/mol. The van der Waals surface area contributed by atoms with Crippen LogP contribution in [0.3, 0.4) is 0 Å². The molecule has 2 rings (SSSR count). The molecule has 1 aliphatic carbocycles. The zero-order valence-corrected chi connectivity index (χ0v) is 10.8. The van der Waals surface area contributed by atoms with Gasteiger partial charge in [-0.05, 0) is 37.6 Å². The Morgan fingerprint density at radius 2 is 2.22 bits per heavy atom. The van der Waals surface area contributed by atoms with E-state index in [1.54, 1.807) is 12.1 Å². The Morgan fingerprint density at radius 1 is 1.50 bits per heavy atom. The summed E-state index contributed by atoms with van der Waals surface area (Å²) in [7, 11) is 3.58. The second-order valence-electron chi connectivity index (χ2n) is 4.84. The number of hydrogen-bond acceptors (Lipinski definition) is 3. The summed E-state index contributed by atoms with van der Waals surface area (Å²) in [6, 6.07) is 6.02. The minimum atomic E-state index is -0.944. The maximum absolute atomic E-state index is 11.1. The molecule has 0 radical (unpaired) electrons. The van der Waals surface area contributed by atoms with E-state index in [4.69, 9.17) is 9.84 Å². The van der Waals surface area contributed by atoms with E-state index in [0.717, 1.165) is 12.1 Å². The summed E-state index contributed by atoms with van der Waals surface area (Å²) in [5.41, 5.74) is 1.25. The van der Waals surface area contributed by atoms with Crippen LogP contribution in [0.1, 0.15) is 35.2 Å². The summed E-state index contributed by atoms with van der Waals surface area (Å²) >= 11 is 0. The van der Waals surface area contributed by atoms with Crippen LogP contribution in [-0.4, -0.2) is 36.2 Å². The maximum atomic E-state index is 11.1. The van der Waals surface area contributed by atoms with Crippen molar-refractivity contribution in [1.29, 1.82) is 0 Å². The lowest BCUT2D eigenvalue weighted by atomic mass is 9.91. The fourth-order valence-corrected chi connectivity index (χ4v) is 2.27. The summed E-state index contributed by atoms with van der Waals surface area (Å²) in [6.07, 6.45) is 3.80. The average Bonchev–Trinajstić information content (AvgIpc) is 2.26. The van der Waals surface area contributed by atoms with E-state index in [1.165, 1.54) is 26.4 Å². The molecule has 0 aromatic heterocycles. The molecule has 18 heavy (non-hydrogen) atoms. The van der Waals surface area contributed by atoms with E-state index in [-0.39, 0.29) is 5.56 Å². The van der Waals surface area contributed by atoms with Gasteiger partial charge in [0.1, 0.15) is 11.3 Å². The van der Waals surface area contributed by atoms with Crippen molar-refractivity contribution in [3.63, 3.8) is 0 Å². The molecule has 1 aliphatic rings. The summed E-state index contributed by atoms with van der Waals surface area (Å²) < 4.78 is 5.05. The monoisotopic (exact) mass is 249 g/mol. The van der Waals surface area contributed by atoms with Gasteiger partial charge in [-0.2, -0.15) is 0 Å². The van der Waals surface area contributed by atoms with Gasteiger partial charge in [0, 0.05) is 12.6 Å². The van der Waals surface area contributed by atoms with Crippen LogP contribution in [0, 0.1) is 0 Å². The minimum Gasteiger partial charge on any atom is -0.496 e. The minimum absolute atomic E-state index is 0.233. The second-order valence-corrected chi connectivity index (χ2v) is 4.84. The quantitative estimate of drug-likeness (QED) is 0.870. The number of aromatic carboxylic acids is 1. The molecule has 4 heteroatoms. The van der Waals surface area contributed by atoms with Crippen molar-refractivity contribution in [2.24, 2.45) is 0 Å². The number of benzene rings is 1. The van der Waals surface area contributed by atoms with Crippen LogP contribution in [0.4, 0.5) is 0 Å². The van der Waals surface area contributed by atoms with Crippen molar-refractivity contribution in [2.75, 3.05) is 14.2 Å². The van der Waals surface area contributed by atoms with Gasteiger partial charge in [0.05, 0.1) is 7.11 Å². The topological polar surface area (TPSA) is 49.8 Å². The molecule has 1 N–H and O–H groups in total. The van der Waals surface area contributed by atoms with E-state index >= 15 is 0 Å². The highest BCUT2D eigenvalue weighted by Gasteiger charge is 2.22. The molecule has 0 spiro atoms. The Bertz CT molecular complexity index is 441. The first kappa shape index (κ1) is 12.9. The highest BCUT2D eigenvalue weighted by atomic mass is 16.5. The number of hydrogen-bond donors (Lipinski definition) is 1. The number of nitrogens with zero attached hydrogens (tertiary/aromatic N) is 1. The molecular formula is C14H19NO3. The van der Waals surface area contributed by atoms with Crippen LogP contribution in [0.25, 0.3) is 0 Å². The SMILES string of the molecule is COc1ccc(CN(C)C2CCC2)cc1C(=O)O. The zero-order valence-electron chi connectivity index (χ0n) is 10.8. The third kappa shape index (κ3) is 2.64. The number of carbonyl (C=O) groups is 1. The van der Waals surface area contributed by atoms with E-state index < -0.39 is 5.97 Å². The van der Waals surface area contributed by atoms with Gasteiger partial charge in [-0.3, -0.25) is 4.90 Å². The first-order chi connectivity index (χ1) is 8.61. The predicted octanol–water partition coefficient (Wildman–Crippen LogP) is 2.38. The Balaban J connectivity index is 2.13. The van der Waals surface area contributed by atoms with Crippen molar-refractivity contribution in [3.8, 4) is 5.75 Å². The first-order valence-electron chi connectivity index (χ1n) is 6.22. The van der Waals surface area contributed by atoms with Gasteiger partial charge in [0.25, 0.3) is 0 Å². The molecule has 0 aliphatic heterocycles. The molecule has 0 heterocycles. The van der Waals surface area contributed by atoms with Crippen molar-refractivity contribution in [3.05, 3.63) is 29.3 Å². The van der Waals surface area contributed by atoms with Gasteiger partial charge in [-0.15, -0.1) is 0 Å². The Hall–Kier alpha value is -1.55. The maximum Gasteiger partial charge on any atom is 0.339 e. The lowest BCUT2D eigenvalue weighted by Crippen LogP contribution is -2.36. The highest BCUT2D eigenvalue weighted by Crippen LogP contribution is 2.26. The van der Waals surface area contributed by atoms with Gasteiger partial charge < -0.3 is 9.84 Å². The van der Waals surface area contributed by atoms with Crippen LogP contribution in [-0.2, 0) is 6.54 Å². The normalized spacial score (nSPS) is 15.5.